The molecule has 0 radical (unpaired) electrons. The fourth-order valence-corrected chi connectivity index (χ4v) is 2.73. The highest BCUT2D eigenvalue weighted by Crippen LogP contribution is 2.32. The number of carbonyl (C=O) groups is 2. The molecule has 2 atom stereocenters. The molecule has 1 amide bonds. The molecule has 0 spiro atoms. The summed E-state index contributed by atoms with van der Waals surface area (Å²) in [6, 6.07) is 1.87. The van der Waals surface area contributed by atoms with Crippen molar-refractivity contribution in [3.05, 3.63) is 23.5 Å². The summed E-state index contributed by atoms with van der Waals surface area (Å²) < 4.78 is 24.2. The first-order valence-electron chi connectivity index (χ1n) is 6.86. The molecule has 0 aliphatic carbocycles. The van der Waals surface area contributed by atoms with Gasteiger partial charge in [-0.25, -0.2) is 4.39 Å². The zero-order valence-electron chi connectivity index (χ0n) is 12.6. The first kappa shape index (κ1) is 16.1. The summed E-state index contributed by atoms with van der Waals surface area (Å²) in [4.78, 5) is 25.0. The summed E-state index contributed by atoms with van der Waals surface area (Å²) in [5.74, 6) is -2.42. The number of amides is 1. The number of hydrogen-bond donors (Lipinski definition) is 1. The van der Waals surface area contributed by atoms with Gasteiger partial charge in [-0.1, -0.05) is 0 Å². The van der Waals surface area contributed by atoms with Gasteiger partial charge in [0, 0.05) is 18.7 Å². The van der Waals surface area contributed by atoms with Crippen LogP contribution in [-0.4, -0.2) is 48.7 Å². The van der Waals surface area contributed by atoms with Crippen molar-refractivity contribution in [3.63, 3.8) is 0 Å². The summed E-state index contributed by atoms with van der Waals surface area (Å²) in [5, 5.41) is 9.11. The van der Waals surface area contributed by atoms with E-state index in [1.54, 1.807) is 6.92 Å². The minimum atomic E-state index is -0.949. The van der Waals surface area contributed by atoms with E-state index in [0.29, 0.717) is 6.42 Å². The van der Waals surface area contributed by atoms with Gasteiger partial charge in [-0.15, -0.1) is 0 Å². The van der Waals surface area contributed by atoms with Crippen molar-refractivity contribution in [3.8, 4) is 11.5 Å². The predicted octanol–water partition coefficient (Wildman–Crippen LogP) is 1.78. The maximum atomic E-state index is 14.1. The zero-order valence-corrected chi connectivity index (χ0v) is 12.6. The highest BCUT2D eigenvalue weighted by molar-refractivity contribution is 5.96. The van der Waals surface area contributed by atoms with Crippen LogP contribution in [0.4, 0.5) is 4.39 Å². The number of nitrogens with zero attached hydrogens (tertiary/aromatic N) is 1. The molecule has 0 aromatic heterocycles. The Morgan fingerprint density at radius 3 is 2.36 bits per heavy atom. The minimum Gasteiger partial charge on any atom is -0.493 e. The molecule has 0 saturated carbocycles. The van der Waals surface area contributed by atoms with E-state index < -0.39 is 29.7 Å². The normalized spacial score (nSPS) is 20.8. The van der Waals surface area contributed by atoms with Gasteiger partial charge in [-0.3, -0.25) is 9.59 Å². The maximum absolute atomic E-state index is 14.1. The number of methoxy groups -OCH3 is 2. The molecule has 1 aromatic rings. The van der Waals surface area contributed by atoms with Crippen molar-refractivity contribution in [1.82, 2.24) is 4.90 Å². The summed E-state index contributed by atoms with van der Waals surface area (Å²) in [7, 11) is 2.77. The highest BCUT2D eigenvalue weighted by Gasteiger charge is 2.39. The Hall–Kier alpha value is -2.31. The molecule has 22 heavy (non-hydrogen) atoms. The van der Waals surface area contributed by atoms with Crippen LogP contribution in [0, 0.1) is 11.7 Å². The largest absolute Gasteiger partial charge is 0.493 e. The molecule has 1 aliphatic rings. The van der Waals surface area contributed by atoms with Gasteiger partial charge >= 0.3 is 5.97 Å². The molecule has 0 bridgehead atoms. The number of carboxylic acids is 1. The molecule has 6 nitrogen and oxygen atoms in total. The van der Waals surface area contributed by atoms with Crippen molar-refractivity contribution in [2.45, 2.75) is 19.4 Å². The van der Waals surface area contributed by atoms with Crippen LogP contribution >= 0.6 is 0 Å². The monoisotopic (exact) mass is 311 g/mol. The highest BCUT2D eigenvalue weighted by atomic mass is 19.1. The van der Waals surface area contributed by atoms with Crippen molar-refractivity contribution >= 4 is 11.9 Å². The van der Waals surface area contributed by atoms with Gasteiger partial charge in [0.05, 0.1) is 25.7 Å². The Balaban J connectivity index is 2.32. The molecule has 2 unspecified atom stereocenters. The molecule has 1 N–H and O–H groups in total. The van der Waals surface area contributed by atoms with Crippen LogP contribution in [0.15, 0.2) is 12.1 Å². The summed E-state index contributed by atoms with van der Waals surface area (Å²) in [5.41, 5.74) is -0.157. The van der Waals surface area contributed by atoms with E-state index in [-0.39, 0.29) is 23.6 Å². The van der Waals surface area contributed by atoms with E-state index in [0.717, 1.165) is 6.07 Å². The molecule has 1 saturated heterocycles. The molecule has 1 aromatic carbocycles. The maximum Gasteiger partial charge on any atom is 0.308 e. The molecule has 2 rings (SSSR count). The van der Waals surface area contributed by atoms with Crippen molar-refractivity contribution in [1.29, 1.82) is 0 Å². The number of aliphatic carboxylic acids is 1. The lowest BCUT2D eigenvalue weighted by atomic mass is 10.0. The van der Waals surface area contributed by atoms with Crippen LogP contribution < -0.4 is 9.47 Å². The standard InChI is InChI=1S/C15H18FNO5/c1-8-9(15(19)20)4-5-17(8)14(18)10-6-12(21-2)13(22-3)7-11(10)16/h6-9H,4-5H2,1-3H3,(H,19,20). The van der Waals surface area contributed by atoms with Gasteiger partial charge in [0.15, 0.2) is 11.5 Å². The number of carboxylic acid groups (broad SMARTS) is 1. The van der Waals surface area contributed by atoms with Crippen LogP contribution in [0.25, 0.3) is 0 Å². The Morgan fingerprint density at radius 1 is 1.27 bits per heavy atom. The summed E-state index contributed by atoms with van der Waals surface area (Å²) in [6.45, 7) is 1.94. The van der Waals surface area contributed by atoms with Crippen LogP contribution in [0.2, 0.25) is 0 Å². The Kier molecular flexibility index (Phi) is 4.54. The lowest BCUT2D eigenvalue weighted by Crippen LogP contribution is -2.38. The number of ether oxygens (including phenoxy) is 2. The molecule has 7 heteroatoms. The van der Waals surface area contributed by atoms with Gasteiger partial charge < -0.3 is 19.5 Å². The second-order valence-corrected chi connectivity index (χ2v) is 5.16. The van der Waals surface area contributed by atoms with Gasteiger partial charge in [0.25, 0.3) is 5.91 Å². The average molecular weight is 311 g/mol. The van der Waals surface area contributed by atoms with Crippen LogP contribution in [0.3, 0.4) is 0 Å². The number of likely N-dealkylation sites (tertiary alicyclic amines) is 1. The second-order valence-electron chi connectivity index (χ2n) is 5.16. The van der Waals surface area contributed by atoms with Crippen molar-refractivity contribution < 1.29 is 28.6 Å². The number of halogens is 1. The van der Waals surface area contributed by atoms with Crippen molar-refractivity contribution in [2.24, 2.45) is 5.92 Å². The zero-order chi connectivity index (χ0) is 16.4. The average Bonchev–Trinajstić information content (AvgIpc) is 2.88. The Morgan fingerprint density at radius 2 is 1.86 bits per heavy atom. The van der Waals surface area contributed by atoms with Crippen LogP contribution in [-0.2, 0) is 4.79 Å². The van der Waals surface area contributed by atoms with Gasteiger partial charge in [-0.05, 0) is 19.4 Å². The second kappa shape index (κ2) is 6.21. The lowest BCUT2D eigenvalue weighted by Gasteiger charge is -2.24. The molecule has 1 fully saturated rings. The van der Waals surface area contributed by atoms with Crippen LogP contribution in [0.5, 0.6) is 11.5 Å². The summed E-state index contributed by atoms with van der Waals surface area (Å²) >= 11 is 0. The molecular formula is C15H18FNO5. The molecule has 1 aliphatic heterocycles. The van der Waals surface area contributed by atoms with E-state index in [1.807, 2.05) is 0 Å². The van der Waals surface area contributed by atoms with Crippen molar-refractivity contribution in [2.75, 3.05) is 20.8 Å². The van der Waals surface area contributed by atoms with E-state index >= 15 is 0 Å². The molecule has 120 valence electrons. The number of hydrogen-bond acceptors (Lipinski definition) is 4. The SMILES string of the molecule is COc1cc(F)c(C(=O)N2CCC(C(=O)O)C2C)cc1OC. The minimum absolute atomic E-state index is 0.157. The van der Waals surface area contributed by atoms with E-state index in [2.05, 4.69) is 0 Å². The topological polar surface area (TPSA) is 76.1 Å². The first-order chi connectivity index (χ1) is 10.4. The van der Waals surface area contributed by atoms with E-state index in [9.17, 15) is 14.0 Å². The number of benzene rings is 1. The lowest BCUT2D eigenvalue weighted by molar-refractivity contribution is -0.142. The van der Waals surface area contributed by atoms with Crippen LogP contribution in [0.1, 0.15) is 23.7 Å². The molecule has 1 heterocycles. The fourth-order valence-electron chi connectivity index (χ4n) is 2.73. The van der Waals surface area contributed by atoms with Gasteiger partial charge in [0.1, 0.15) is 5.82 Å². The molecular weight excluding hydrogens is 293 g/mol. The third-order valence-electron chi connectivity index (χ3n) is 4.04. The van der Waals surface area contributed by atoms with Gasteiger partial charge in [-0.2, -0.15) is 0 Å². The third-order valence-corrected chi connectivity index (χ3v) is 4.04. The summed E-state index contributed by atoms with van der Waals surface area (Å²) in [6.07, 6.45) is 0.358. The van der Waals surface area contributed by atoms with E-state index in [1.165, 1.54) is 25.2 Å². The third kappa shape index (κ3) is 2.70. The fraction of sp³-hybridized carbons (Fsp3) is 0.467. The van der Waals surface area contributed by atoms with E-state index in [4.69, 9.17) is 14.6 Å². The Bertz CT molecular complexity index is 604. The van der Waals surface area contributed by atoms with Gasteiger partial charge in [0.2, 0.25) is 0 Å². The number of carbonyl (C=O) groups excluding carboxylic acids is 1. The predicted molar refractivity (Wildman–Crippen MR) is 75.7 cm³/mol. The smallest absolute Gasteiger partial charge is 0.308 e. The quantitative estimate of drug-likeness (QED) is 0.917. The Labute approximate surface area is 127 Å². The first-order valence-corrected chi connectivity index (χ1v) is 6.86. The number of rotatable bonds is 4.